The number of hydrogen-bond donors (Lipinski definition) is 0. The quantitative estimate of drug-likeness (QED) is 0.311. The molecular formula is C12H19IN2O4. The second-order valence-corrected chi connectivity index (χ2v) is 10.9. The van der Waals surface area contributed by atoms with Gasteiger partial charge in [0, 0.05) is 0 Å². The summed E-state index contributed by atoms with van der Waals surface area (Å²) >= 11 is -1.06. The molecular weight excluding hydrogens is 363 g/mol. The number of imide groups is 1. The van der Waals surface area contributed by atoms with E-state index in [1.165, 1.54) is 10.8 Å². The van der Waals surface area contributed by atoms with Crippen molar-refractivity contribution in [3.8, 4) is 0 Å². The minimum absolute atomic E-state index is 0.148. The van der Waals surface area contributed by atoms with E-state index >= 15 is 0 Å². The van der Waals surface area contributed by atoms with E-state index in [4.69, 9.17) is 4.84 Å². The molecule has 6 nitrogen and oxygen atoms in total. The molecule has 2 aliphatic rings. The molecule has 0 radical (unpaired) electrons. The van der Waals surface area contributed by atoms with Crippen molar-refractivity contribution in [2.45, 2.75) is 25.7 Å². The summed E-state index contributed by atoms with van der Waals surface area (Å²) in [7, 11) is 2.11. The van der Waals surface area contributed by atoms with Crippen LogP contribution in [0.2, 0.25) is 0 Å². The molecule has 0 bridgehead atoms. The third kappa shape index (κ3) is 4.13. The summed E-state index contributed by atoms with van der Waals surface area (Å²) in [5, 5.41) is 0.638. The predicted molar refractivity (Wildman–Crippen MR) is 77.7 cm³/mol. The van der Waals surface area contributed by atoms with Crippen molar-refractivity contribution in [1.82, 2.24) is 9.96 Å². The Morgan fingerprint density at radius 1 is 1.32 bits per heavy atom. The Bertz CT molecular complexity index is 372. The average molecular weight is 382 g/mol. The summed E-state index contributed by atoms with van der Waals surface area (Å²) in [6.07, 6.45) is 1.85. The Hall–Kier alpha value is -0.700. The molecule has 0 N–H and O–H groups in total. The number of nitrogens with zero attached hydrogens (tertiary/aromatic N) is 2. The number of hydrogen-bond acceptors (Lipinski definition) is 5. The molecule has 2 fully saturated rings. The third-order valence-electron chi connectivity index (χ3n) is 3.08. The van der Waals surface area contributed by atoms with Crippen LogP contribution in [0.15, 0.2) is 0 Å². The maximum absolute atomic E-state index is 11.7. The number of rotatable bonds is 4. The molecule has 2 rings (SSSR count). The number of hydroxylamine groups is 2. The molecule has 0 spiro atoms. The normalized spacial score (nSPS) is 23.0. The van der Waals surface area contributed by atoms with E-state index in [1.54, 1.807) is 0 Å². The Balaban J connectivity index is 1.72. The van der Waals surface area contributed by atoms with Gasteiger partial charge in [-0.3, -0.25) is 0 Å². The van der Waals surface area contributed by atoms with Crippen LogP contribution in [0.25, 0.3) is 0 Å². The second-order valence-electron chi connectivity index (χ2n) is 4.79. The van der Waals surface area contributed by atoms with Crippen molar-refractivity contribution in [3.63, 3.8) is 0 Å². The van der Waals surface area contributed by atoms with E-state index in [-0.39, 0.29) is 12.8 Å². The van der Waals surface area contributed by atoms with E-state index in [9.17, 15) is 14.4 Å². The number of carbonyl (C=O) groups excluding carboxylic acids is 3. The topological polar surface area (TPSA) is 66.9 Å². The molecule has 0 unspecified atom stereocenters. The van der Waals surface area contributed by atoms with E-state index in [0.29, 0.717) is 11.5 Å². The summed E-state index contributed by atoms with van der Waals surface area (Å²) in [5.74, 6) is -1.27. The Morgan fingerprint density at radius 3 is 2.63 bits per heavy atom. The van der Waals surface area contributed by atoms with E-state index in [1.807, 2.05) is 0 Å². The molecule has 7 heteroatoms. The van der Waals surface area contributed by atoms with Crippen molar-refractivity contribution < 1.29 is 19.2 Å². The zero-order chi connectivity index (χ0) is 13.8. The van der Waals surface area contributed by atoms with Crippen molar-refractivity contribution >= 4 is 37.6 Å². The molecule has 108 valence electrons. The van der Waals surface area contributed by atoms with Gasteiger partial charge in [0.05, 0.1) is 0 Å². The molecule has 0 aromatic carbocycles. The Morgan fingerprint density at radius 2 is 2.00 bits per heavy atom. The minimum atomic E-state index is -1.06. The SMILES string of the molecule is CN1CCCI(CCC(=O)ON2C(=O)CCC2=O)C1. The van der Waals surface area contributed by atoms with Gasteiger partial charge in [0.2, 0.25) is 0 Å². The van der Waals surface area contributed by atoms with Crippen molar-refractivity contribution in [2.75, 3.05) is 27.0 Å². The third-order valence-corrected chi connectivity index (χ3v) is 9.56. The van der Waals surface area contributed by atoms with Crippen LogP contribution in [0, 0.1) is 0 Å². The summed E-state index contributed by atoms with van der Waals surface area (Å²) < 4.78 is 3.34. The predicted octanol–water partition coefficient (Wildman–Crippen LogP) is 0.783. The summed E-state index contributed by atoms with van der Waals surface area (Å²) in [5.41, 5.74) is 0. The first kappa shape index (κ1) is 14.7. The summed E-state index contributed by atoms with van der Waals surface area (Å²) in [6.45, 7) is 1.15. The number of amides is 2. The Kier molecular flexibility index (Phi) is 5.14. The van der Waals surface area contributed by atoms with Gasteiger partial charge < -0.3 is 0 Å². The van der Waals surface area contributed by atoms with Crippen molar-refractivity contribution in [3.05, 3.63) is 0 Å². The summed E-state index contributed by atoms with van der Waals surface area (Å²) in [4.78, 5) is 41.4. The molecule has 2 saturated heterocycles. The first-order valence-electron chi connectivity index (χ1n) is 6.39. The standard InChI is InChI=1S/C12H19IN2O4/c1-14-8-2-6-13(9-14)7-5-12(18)19-15-10(16)3-4-11(15)17/h2-9H2,1H3. The van der Waals surface area contributed by atoms with Crippen molar-refractivity contribution in [1.29, 1.82) is 0 Å². The Labute approximate surface area is 119 Å². The molecule has 0 aliphatic carbocycles. The zero-order valence-corrected chi connectivity index (χ0v) is 13.2. The van der Waals surface area contributed by atoms with Crippen LogP contribution in [-0.2, 0) is 19.2 Å². The number of halogens is 1. The van der Waals surface area contributed by atoms with Gasteiger partial charge in [0.25, 0.3) is 0 Å². The van der Waals surface area contributed by atoms with Crippen molar-refractivity contribution in [2.24, 2.45) is 0 Å². The first-order valence-corrected chi connectivity index (χ1v) is 11.0. The van der Waals surface area contributed by atoms with E-state index in [0.717, 1.165) is 15.5 Å². The number of alkyl halides is 3. The van der Waals surface area contributed by atoms with Gasteiger partial charge in [-0.2, -0.15) is 0 Å². The average Bonchev–Trinajstić information content (AvgIpc) is 2.68. The van der Waals surface area contributed by atoms with Crippen LogP contribution in [0.1, 0.15) is 25.7 Å². The fourth-order valence-corrected chi connectivity index (χ4v) is 7.93. The van der Waals surface area contributed by atoms with Crippen LogP contribution < -0.4 is 0 Å². The first-order chi connectivity index (χ1) is 9.06. The molecule has 2 amide bonds. The van der Waals surface area contributed by atoms with E-state index in [2.05, 4.69) is 11.9 Å². The van der Waals surface area contributed by atoms with Crippen LogP contribution >= 0.6 is 19.8 Å². The maximum atomic E-state index is 11.7. The second kappa shape index (κ2) is 6.65. The van der Waals surface area contributed by atoms with Gasteiger partial charge in [-0.25, -0.2) is 0 Å². The number of carbonyl (C=O) groups is 3. The van der Waals surface area contributed by atoms with Crippen LogP contribution in [-0.4, -0.2) is 54.7 Å². The van der Waals surface area contributed by atoms with E-state index < -0.39 is 37.6 Å². The van der Waals surface area contributed by atoms with Crippen LogP contribution in [0.5, 0.6) is 0 Å². The molecule has 2 heterocycles. The molecule has 19 heavy (non-hydrogen) atoms. The monoisotopic (exact) mass is 382 g/mol. The fraction of sp³-hybridized carbons (Fsp3) is 0.750. The van der Waals surface area contributed by atoms with Gasteiger partial charge in [-0.15, -0.1) is 0 Å². The molecule has 0 atom stereocenters. The van der Waals surface area contributed by atoms with Gasteiger partial charge in [-0.1, -0.05) is 0 Å². The van der Waals surface area contributed by atoms with Crippen LogP contribution in [0.4, 0.5) is 0 Å². The molecule has 0 aromatic rings. The molecule has 0 aromatic heterocycles. The van der Waals surface area contributed by atoms with Gasteiger partial charge in [0.1, 0.15) is 0 Å². The molecule has 0 saturated carbocycles. The zero-order valence-electron chi connectivity index (χ0n) is 11.1. The van der Waals surface area contributed by atoms with Gasteiger partial charge in [0.15, 0.2) is 0 Å². The fourth-order valence-electron chi connectivity index (χ4n) is 2.10. The van der Waals surface area contributed by atoms with Gasteiger partial charge in [-0.05, 0) is 0 Å². The van der Waals surface area contributed by atoms with Gasteiger partial charge >= 0.3 is 119 Å². The van der Waals surface area contributed by atoms with Crippen LogP contribution in [0.3, 0.4) is 0 Å². The molecule has 2 aliphatic heterocycles. The summed E-state index contributed by atoms with van der Waals surface area (Å²) in [6, 6.07) is 0.